The van der Waals surface area contributed by atoms with Crippen molar-refractivity contribution < 1.29 is 19.5 Å². The molecule has 0 heterocycles. The van der Waals surface area contributed by atoms with Gasteiger partial charge in [-0.05, 0) is 51.4 Å². The highest BCUT2D eigenvalue weighted by atomic mass is 33.1. The van der Waals surface area contributed by atoms with E-state index in [1.165, 1.54) is 0 Å². The Labute approximate surface area is 244 Å². The molecular weight excluding hydrogens is 528 g/mol. The number of nitrogens with one attached hydrogen (secondary N) is 2. The number of hydrogen-bond donors (Lipinski definition) is 3. The monoisotopic (exact) mass is 576 g/mol. The van der Waals surface area contributed by atoms with Crippen LogP contribution in [0.5, 0.6) is 0 Å². The molecule has 0 fully saturated rings. The largest absolute Gasteiger partial charge is 0.481 e. The molecule has 218 valence electrons. The van der Waals surface area contributed by atoms with Crippen molar-refractivity contribution >= 4 is 39.4 Å². The predicted octanol–water partition coefficient (Wildman–Crippen LogP) is 7.33. The molecule has 0 saturated heterocycles. The lowest BCUT2D eigenvalue weighted by atomic mass is 10.2. The summed E-state index contributed by atoms with van der Waals surface area (Å²) in [5, 5.41) is 14.3. The molecule has 0 aliphatic heterocycles. The van der Waals surface area contributed by atoms with E-state index in [4.69, 9.17) is 5.11 Å². The van der Waals surface area contributed by atoms with Crippen molar-refractivity contribution in [2.75, 3.05) is 24.6 Å². The van der Waals surface area contributed by atoms with E-state index in [0.717, 1.165) is 56.5 Å². The number of carbonyl (C=O) groups excluding carboxylic acids is 2. The molecule has 6 nitrogen and oxygen atoms in total. The fourth-order valence-electron chi connectivity index (χ4n) is 3.01. The fraction of sp³-hybridized carbons (Fsp3) is 0.516. The van der Waals surface area contributed by atoms with Gasteiger partial charge in [-0.15, -0.1) is 0 Å². The molecule has 3 N–H and O–H groups in total. The summed E-state index contributed by atoms with van der Waals surface area (Å²) in [6, 6.07) is 0. The van der Waals surface area contributed by atoms with Gasteiger partial charge in [0, 0.05) is 43.9 Å². The van der Waals surface area contributed by atoms with Crippen LogP contribution in [0, 0.1) is 0 Å². The second kappa shape index (κ2) is 30.1. The summed E-state index contributed by atoms with van der Waals surface area (Å²) in [7, 11) is 3.30. The molecule has 0 aliphatic carbocycles. The van der Waals surface area contributed by atoms with Gasteiger partial charge in [0.15, 0.2) is 0 Å². The maximum absolute atomic E-state index is 11.9. The third-order valence-electron chi connectivity index (χ3n) is 5.03. The molecule has 0 saturated carbocycles. The first-order valence-corrected chi connectivity index (χ1v) is 16.4. The van der Waals surface area contributed by atoms with Crippen LogP contribution in [0.15, 0.2) is 72.9 Å². The topological polar surface area (TPSA) is 95.5 Å². The van der Waals surface area contributed by atoms with Crippen molar-refractivity contribution in [3.8, 4) is 0 Å². The number of carboxylic acid groups (broad SMARTS) is 1. The van der Waals surface area contributed by atoms with Crippen molar-refractivity contribution in [1.29, 1.82) is 0 Å². The Balaban J connectivity index is 3.53. The summed E-state index contributed by atoms with van der Waals surface area (Å²) in [5.74, 6) is 0.653. The van der Waals surface area contributed by atoms with E-state index in [2.05, 4.69) is 90.5 Å². The van der Waals surface area contributed by atoms with Crippen molar-refractivity contribution in [2.24, 2.45) is 0 Å². The van der Waals surface area contributed by atoms with Gasteiger partial charge in [-0.3, -0.25) is 14.4 Å². The zero-order valence-corrected chi connectivity index (χ0v) is 25.2. The second-order valence-corrected chi connectivity index (χ2v) is 11.2. The van der Waals surface area contributed by atoms with Gasteiger partial charge < -0.3 is 15.7 Å². The smallest absolute Gasteiger partial charge is 0.303 e. The van der Waals surface area contributed by atoms with Gasteiger partial charge in [0.1, 0.15) is 0 Å². The van der Waals surface area contributed by atoms with Gasteiger partial charge in [0.05, 0.1) is 0 Å². The van der Waals surface area contributed by atoms with Gasteiger partial charge in [-0.2, -0.15) is 0 Å². The zero-order valence-electron chi connectivity index (χ0n) is 23.5. The van der Waals surface area contributed by atoms with E-state index in [-0.39, 0.29) is 24.7 Å². The minimum absolute atomic E-state index is 0.0190. The SMILES string of the molecule is CC/C=C\C/C=C\C/C=C\C/C=C\C/C=C\C/C=C\CCC(=O)NCCSSCCNC(=O)CCCC(=O)O. The molecule has 0 aromatic heterocycles. The molecule has 0 aromatic carbocycles. The quantitative estimate of drug-likeness (QED) is 0.0598. The Hall–Kier alpha value is -2.45. The lowest BCUT2D eigenvalue weighted by Crippen LogP contribution is -2.26. The average molecular weight is 577 g/mol. The molecule has 2 amide bonds. The van der Waals surface area contributed by atoms with E-state index in [9.17, 15) is 14.4 Å². The van der Waals surface area contributed by atoms with Gasteiger partial charge in [0.25, 0.3) is 0 Å². The van der Waals surface area contributed by atoms with Crippen LogP contribution in [-0.2, 0) is 14.4 Å². The summed E-state index contributed by atoms with van der Waals surface area (Å²) in [5.41, 5.74) is 0. The van der Waals surface area contributed by atoms with Gasteiger partial charge >= 0.3 is 5.97 Å². The Morgan fingerprint density at radius 1 is 0.590 bits per heavy atom. The summed E-state index contributed by atoms with van der Waals surface area (Å²) >= 11 is 0. The fourth-order valence-corrected chi connectivity index (χ4v) is 4.83. The van der Waals surface area contributed by atoms with E-state index < -0.39 is 5.97 Å². The average Bonchev–Trinajstić information content (AvgIpc) is 2.91. The van der Waals surface area contributed by atoms with Crippen LogP contribution < -0.4 is 10.6 Å². The summed E-state index contributed by atoms with van der Waals surface area (Å²) in [6.45, 7) is 3.33. The van der Waals surface area contributed by atoms with E-state index in [0.29, 0.717) is 25.9 Å². The molecule has 0 unspecified atom stereocenters. The van der Waals surface area contributed by atoms with Gasteiger partial charge in [-0.1, -0.05) is 101 Å². The standard InChI is InChI=1S/C31H48N2O4S2/c1-2-3-4-5-6-7-8-9-10-11-12-13-14-15-16-17-18-19-20-22-29(34)32-25-27-38-39-28-26-33-30(35)23-21-24-31(36)37/h3-4,6-7,9-10,12-13,15-16,18-19H,2,5,8,11,14,17,20-28H2,1H3,(H,32,34)(H,33,35)(H,36,37)/b4-3-,7-6-,10-9-,13-12-,16-15-,19-18-. The molecular formula is C31H48N2O4S2. The van der Waals surface area contributed by atoms with E-state index in [1.807, 2.05) is 0 Å². The first-order chi connectivity index (χ1) is 19.1. The van der Waals surface area contributed by atoms with Crippen LogP contribution in [0.2, 0.25) is 0 Å². The first-order valence-electron chi connectivity index (χ1n) is 14.0. The number of amides is 2. The molecule has 0 atom stereocenters. The Morgan fingerprint density at radius 3 is 1.44 bits per heavy atom. The molecule has 0 radical (unpaired) electrons. The summed E-state index contributed by atoms with van der Waals surface area (Å²) < 4.78 is 0. The van der Waals surface area contributed by atoms with Crippen LogP contribution in [0.4, 0.5) is 0 Å². The minimum atomic E-state index is -0.879. The summed E-state index contributed by atoms with van der Waals surface area (Å²) in [6.07, 6.45) is 33.8. The van der Waals surface area contributed by atoms with Gasteiger partial charge in [0.2, 0.25) is 11.8 Å². The van der Waals surface area contributed by atoms with Crippen molar-refractivity contribution in [3.05, 3.63) is 72.9 Å². The van der Waals surface area contributed by atoms with Crippen LogP contribution in [0.1, 0.15) is 77.6 Å². The molecule has 39 heavy (non-hydrogen) atoms. The first kappa shape index (κ1) is 36.5. The molecule has 0 rings (SSSR count). The molecule has 0 aliphatic rings. The van der Waals surface area contributed by atoms with E-state index in [1.54, 1.807) is 21.6 Å². The third-order valence-corrected chi connectivity index (χ3v) is 7.44. The number of aliphatic carboxylic acids is 1. The summed E-state index contributed by atoms with van der Waals surface area (Å²) in [4.78, 5) is 33.8. The van der Waals surface area contributed by atoms with Crippen LogP contribution in [0.25, 0.3) is 0 Å². The van der Waals surface area contributed by atoms with Crippen molar-refractivity contribution in [3.63, 3.8) is 0 Å². The lowest BCUT2D eigenvalue weighted by Gasteiger charge is -2.05. The van der Waals surface area contributed by atoms with Crippen molar-refractivity contribution in [1.82, 2.24) is 10.6 Å². The highest BCUT2D eigenvalue weighted by molar-refractivity contribution is 8.76. The second-order valence-electron chi connectivity index (χ2n) is 8.55. The molecule has 0 bridgehead atoms. The predicted molar refractivity (Wildman–Crippen MR) is 170 cm³/mol. The third kappa shape index (κ3) is 31.7. The Bertz CT molecular complexity index is 817. The molecule has 0 aromatic rings. The Morgan fingerprint density at radius 2 is 1.00 bits per heavy atom. The number of hydrogen-bond acceptors (Lipinski definition) is 5. The number of rotatable bonds is 25. The highest BCUT2D eigenvalue weighted by Crippen LogP contribution is 2.19. The number of carboxylic acids is 1. The van der Waals surface area contributed by atoms with E-state index >= 15 is 0 Å². The minimum Gasteiger partial charge on any atom is -0.481 e. The van der Waals surface area contributed by atoms with Crippen LogP contribution in [-0.4, -0.2) is 47.5 Å². The number of allylic oxidation sites excluding steroid dienone is 12. The number of carbonyl (C=O) groups is 3. The zero-order chi connectivity index (χ0) is 28.7. The maximum Gasteiger partial charge on any atom is 0.303 e. The van der Waals surface area contributed by atoms with Crippen molar-refractivity contribution in [2.45, 2.75) is 77.6 Å². The molecule has 8 heteroatoms. The molecule has 0 spiro atoms. The normalized spacial score (nSPS) is 12.2. The van der Waals surface area contributed by atoms with Crippen LogP contribution >= 0.6 is 21.6 Å². The Kier molecular flexibility index (Phi) is 28.2. The highest BCUT2D eigenvalue weighted by Gasteiger charge is 2.03. The maximum atomic E-state index is 11.9. The van der Waals surface area contributed by atoms with Crippen LogP contribution in [0.3, 0.4) is 0 Å². The lowest BCUT2D eigenvalue weighted by molar-refractivity contribution is -0.137. The van der Waals surface area contributed by atoms with Gasteiger partial charge in [-0.25, -0.2) is 0 Å².